The van der Waals surface area contributed by atoms with Gasteiger partial charge < -0.3 is 15.2 Å². The average molecular weight is 252 g/mol. The van der Waals surface area contributed by atoms with Crippen molar-refractivity contribution in [3.05, 3.63) is 23.0 Å². The molecule has 0 aromatic carbocycles. The molecule has 0 aliphatic carbocycles. The third kappa shape index (κ3) is 3.70. The monoisotopic (exact) mass is 252 g/mol. The van der Waals surface area contributed by atoms with Crippen LogP contribution in [-0.2, 0) is 4.74 Å². The van der Waals surface area contributed by atoms with Gasteiger partial charge in [0, 0.05) is 18.8 Å². The topological polar surface area (TPSA) is 71.5 Å². The quantitative estimate of drug-likeness (QED) is 0.812. The third-order valence-corrected chi connectivity index (χ3v) is 2.57. The second-order valence-electron chi connectivity index (χ2n) is 4.22. The summed E-state index contributed by atoms with van der Waals surface area (Å²) in [6.07, 6.45) is 0.0328. The predicted octanol–water partition coefficient (Wildman–Crippen LogP) is 2.23. The molecule has 0 saturated heterocycles. The average Bonchev–Trinajstić information content (AvgIpc) is 2.25. The number of nitrogens with one attached hydrogen (secondary N) is 1. The minimum Gasteiger partial charge on any atom is -0.478 e. The number of carboxylic acids is 1. The maximum Gasteiger partial charge on any atom is 0.339 e. The molecule has 1 aromatic heterocycles. The smallest absolute Gasteiger partial charge is 0.339 e. The number of hydrogen-bond donors (Lipinski definition) is 2. The molecule has 18 heavy (non-hydrogen) atoms. The van der Waals surface area contributed by atoms with E-state index in [4.69, 9.17) is 4.74 Å². The highest BCUT2D eigenvalue weighted by molar-refractivity contribution is 5.95. The van der Waals surface area contributed by atoms with E-state index in [1.54, 1.807) is 13.0 Å². The van der Waals surface area contributed by atoms with Crippen molar-refractivity contribution >= 4 is 11.7 Å². The van der Waals surface area contributed by atoms with Crippen LogP contribution in [0.1, 0.15) is 35.6 Å². The molecule has 0 spiro atoms. The molecule has 1 unspecified atom stereocenters. The van der Waals surface area contributed by atoms with Gasteiger partial charge in [-0.05, 0) is 33.8 Å². The number of carbonyl (C=O) groups is 1. The molecule has 0 radical (unpaired) electrons. The molecule has 0 bridgehead atoms. The summed E-state index contributed by atoms with van der Waals surface area (Å²) in [5, 5.41) is 12.3. The number of ether oxygens (including phenoxy) is 1. The van der Waals surface area contributed by atoms with E-state index in [0.717, 1.165) is 5.69 Å². The summed E-state index contributed by atoms with van der Waals surface area (Å²) in [5.74, 6) is -0.966. The van der Waals surface area contributed by atoms with Crippen LogP contribution in [0.15, 0.2) is 6.07 Å². The highest BCUT2D eigenvalue weighted by Gasteiger charge is 2.15. The van der Waals surface area contributed by atoms with Crippen molar-refractivity contribution < 1.29 is 14.6 Å². The molecule has 0 aliphatic heterocycles. The molecule has 100 valence electrons. The minimum atomic E-state index is -0.966. The summed E-state index contributed by atoms with van der Waals surface area (Å²) < 4.78 is 5.40. The van der Waals surface area contributed by atoms with Crippen LogP contribution in [0.3, 0.4) is 0 Å². The van der Waals surface area contributed by atoms with Crippen LogP contribution < -0.4 is 5.32 Å². The molecule has 1 aromatic rings. The van der Waals surface area contributed by atoms with E-state index in [1.165, 1.54) is 0 Å². The highest BCUT2D eigenvalue weighted by atomic mass is 16.5. The molecule has 1 heterocycles. The number of carboxylic acid groups (broad SMARTS) is 1. The van der Waals surface area contributed by atoms with Crippen LogP contribution in [0.2, 0.25) is 0 Å². The highest BCUT2D eigenvalue weighted by Crippen LogP contribution is 2.19. The molecule has 2 N–H and O–H groups in total. The first kappa shape index (κ1) is 14.4. The normalized spacial score (nSPS) is 12.2. The number of anilines is 1. The van der Waals surface area contributed by atoms with Gasteiger partial charge in [-0.25, -0.2) is 4.79 Å². The van der Waals surface area contributed by atoms with E-state index in [-0.39, 0.29) is 11.7 Å². The van der Waals surface area contributed by atoms with Crippen molar-refractivity contribution in [2.75, 3.05) is 18.5 Å². The van der Waals surface area contributed by atoms with E-state index in [2.05, 4.69) is 10.3 Å². The van der Waals surface area contributed by atoms with E-state index >= 15 is 0 Å². The maximum atomic E-state index is 11.2. The summed E-state index contributed by atoms with van der Waals surface area (Å²) in [4.78, 5) is 15.4. The molecule has 5 nitrogen and oxygen atoms in total. The van der Waals surface area contributed by atoms with Crippen molar-refractivity contribution in [3.63, 3.8) is 0 Å². The van der Waals surface area contributed by atoms with Gasteiger partial charge in [-0.1, -0.05) is 0 Å². The van der Waals surface area contributed by atoms with Crippen LogP contribution in [0.5, 0.6) is 0 Å². The number of nitrogens with zero attached hydrogens (tertiary/aromatic N) is 1. The van der Waals surface area contributed by atoms with Gasteiger partial charge in [-0.15, -0.1) is 0 Å². The Kier molecular flexibility index (Phi) is 5.09. The summed E-state index contributed by atoms with van der Waals surface area (Å²) in [5.41, 5.74) is 2.14. The number of rotatable bonds is 6. The lowest BCUT2D eigenvalue weighted by Crippen LogP contribution is -2.21. The van der Waals surface area contributed by atoms with Gasteiger partial charge in [0.05, 0.1) is 17.5 Å². The fourth-order valence-corrected chi connectivity index (χ4v) is 1.84. The van der Waals surface area contributed by atoms with Gasteiger partial charge in [-0.2, -0.15) is 0 Å². The first-order valence-electron chi connectivity index (χ1n) is 6.02. The first-order chi connectivity index (χ1) is 8.45. The number of aryl methyl sites for hydroxylation is 2. The van der Waals surface area contributed by atoms with Gasteiger partial charge >= 0.3 is 5.97 Å². The number of pyridine rings is 1. The summed E-state index contributed by atoms with van der Waals surface area (Å²) in [6.45, 7) is 8.63. The molecule has 0 aliphatic rings. The Balaban J connectivity index is 2.90. The number of aromatic nitrogens is 1. The molecule has 1 rings (SSSR count). The maximum absolute atomic E-state index is 11.2. The Morgan fingerprint density at radius 3 is 2.78 bits per heavy atom. The van der Waals surface area contributed by atoms with Gasteiger partial charge in [0.15, 0.2) is 0 Å². The number of aromatic carboxylic acids is 1. The summed E-state index contributed by atoms with van der Waals surface area (Å²) >= 11 is 0. The molecular weight excluding hydrogens is 232 g/mol. The molecule has 0 amide bonds. The fourth-order valence-electron chi connectivity index (χ4n) is 1.84. The standard InChI is InChI=1S/C13H20N2O3/c1-5-18-9(3)7-14-11-6-8(2)15-10(4)12(11)13(16)17/h6,9H,5,7H2,1-4H3,(H,14,15)(H,16,17). The molecule has 5 heteroatoms. The van der Waals surface area contributed by atoms with Crippen LogP contribution in [-0.4, -0.2) is 35.3 Å². The van der Waals surface area contributed by atoms with Crippen LogP contribution in [0.25, 0.3) is 0 Å². The first-order valence-corrected chi connectivity index (χ1v) is 6.02. The Morgan fingerprint density at radius 2 is 2.22 bits per heavy atom. The van der Waals surface area contributed by atoms with Crippen molar-refractivity contribution in [2.24, 2.45) is 0 Å². The molecule has 0 saturated carbocycles. The van der Waals surface area contributed by atoms with Gasteiger partial charge in [0.1, 0.15) is 5.56 Å². The van der Waals surface area contributed by atoms with E-state index in [9.17, 15) is 9.90 Å². The lowest BCUT2D eigenvalue weighted by atomic mass is 10.1. The van der Waals surface area contributed by atoms with Gasteiger partial charge in [0.25, 0.3) is 0 Å². The van der Waals surface area contributed by atoms with Crippen molar-refractivity contribution in [1.82, 2.24) is 4.98 Å². The van der Waals surface area contributed by atoms with Crippen molar-refractivity contribution in [3.8, 4) is 0 Å². The molecular formula is C13H20N2O3. The number of hydrogen-bond acceptors (Lipinski definition) is 4. The largest absolute Gasteiger partial charge is 0.478 e. The van der Waals surface area contributed by atoms with Crippen LogP contribution in [0, 0.1) is 13.8 Å². The zero-order valence-corrected chi connectivity index (χ0v) is 11.3. The lowest BCUT2D eigenvalue weighted by Gasteiger charge is -2.16. The van der Waals surface area contributed by atoms with Crippen LogP contribution in [0.4, 0.5) is 5.69 Å². The van der Waals surface area contributed by atoms with E-state index < -0.39 is 5.97 Å². The summed E-state index contributed by atoms with van der Waals surface area (Å²) in [6, 6.07) is 1.75. The third-order valence-electron chi connectivity index (χ3n) is 2.57. The second-order valence-corrected chi connectivity index (χ2v) is 4.22. The zero-order chi connectivity index (χ0) is 13.7. The SMILES string of the molecule is CCOC(C)CNc1cc(C)nc(C)c1C(=O)O. The van der Waals surface area contributed by atoms with E-state index in [1.807, 2.05) is 20.8 Å². The second kappa shape index (κ2) is 6.35. The fraction of sp³-hybridized carbons (Fsp3) is 0.538. The minimum absolute atomic E-state index is 0.0328. The van der Waals surface area contributed by atoms with Gasteiger partial charge in [-0.3, -0.25) is 4.98 Å². The predicted molar refractivity (Wildman–Crippen MR) is 70.2 cm³/mol. The Hall–Kier alpha value is -1.62. The van der Waals surface area contributed by atoms with Crippen molar-refractivity contribution in [2.45, 2.75) is 33.8 Å². The van der Waals surface area contributed by atoms with Crippen LogP contribution >= 0.6 is 0 Å². The lowest BCUT2D eigenvalue weighted by molar-refractivity contribution is 0.0695. The zero-order valence-electron chi connectivity index (χ0n) is 11.3. The van der Waals surface area contributed by atoms with E-state index in [0.29, 0.717) is 24.5 Å². The summed E-state index contributed by atoms with van der Waals surface area (Å²) in [7, 11) is 0. The Bertz CT molecular complexity index is 432. The van der Waals surface area contributed by atoms with Crippen molar-refractivity contribution in [1.29, 1.82) is 0 Å². The van der Waals surface area contributed by atoms with Gasteiger partial charge in [0.2, 0.25) is 0 Å². The Morgan fingerprint density at radius 1 is 1.56 bits per heavy atom. The molecule has 0 fully saturated rings. The molecule has 1 atom stereocenters. The Labute approximate surface area is 107 Å².